The van der Waals surface area contributed by atoms with Crippen LogP contribution in [-0.2, 0) is 11.3 Å². The average Bonchev–Trinajstić information content (AvgIpc) is 2.40. The number of ether oxygens (including phenoxy) is 2. The Morgan fingerprint density at radius 2 is 1.67 bits per heavy atom. The minimum Gasteiger partial charge on any atom is -0.491 e. The van der Waals surface area contributed by atoms with Crippen LogP contribution in [0, 0.1) is 5.92 Å². The van der Waals surface area contributed by atoms with E-state index in [9.17, 15) is 0 Å². The molecule has 0 amide bonds. The highest BCUT2D eigenvalue weighted by molar-refractivity contribution is 5.27. The van der Waals surface area contributed by atoms with Crippen LogP contribution >= 0.6 is 0 Å². The minimum absolute atomic E-state index is 0.141. The molecule has 3 nitrogen and oxygen atoms in total. The summed E-state index contributed by atoms with van der Waals surface area (Å²) in [4.78, 5) is 0. The zero-order valence-corrected chi connectivity index (χ0v) is 14.2. The first kappa shape index (κ1) is 18.0. The van der Waals surface area contributed by atoms with E-state index in [1.54, 1.807) is 0 Å². The van der Waals surface area contributed by atoms with Crippen molar-refractivity contribution in [1.29, 1.82) is 0 Å². The third-order valence-electron chi connectivity index (χ3n) is 3.08. The molecule has 1 aromatic rings. The molecular formula is C18H31NO2. The first-order valence-corrected chi connectivity index (χ1v) is 7.91. The molecule has 3 heteroatoms. The van der Waals surface area contributed by atoms with Crippen LogP contribution in [0.4, 0.5) is 0 Å². The van der Waals surface area contributed by atoms with Crippen molar-refractivity contribution in [2.24, 2.45) is 5.92 Å². The lowest BCUT2D eigenvalue weighted by atomic mass is 10.1. The van der Waals surface area contributed by atoms with Gasteiger partial charge in [0.15, 0.2) is 0 Å². The monoisotopic (exact) mass is 293 g/mol. The molecule has 120 valence electrons. The van der Waals surface area contributed by atoms with Gasteiger partial charge in [-0.05, 0) is 50.8 Å². The van der Waals surface area contributed by atoms with E-state index < -0.39 is 0 Å². The van der Waals surface area contributed by atoms with Crippen LogP contribution in [0.2, 0.25) is 0 Å². The lowest BCUT2D eigenvalue weighted by Gasteiger charge is -2.20. The van der Waals surface area contributed by atoms with E-state index in [1.165, 1.54) is 5.56 Å². The Labute approximate surface area is 130 Å². The Bertz CT molecular complexity index is 379. The summed E-state index contributed by atoms with van der Waals surface area (Å²) in [5.41, 5.74) is 1.41. The van der Waals surface area contributed by atoms with Crippen molar-refractivity contribution in [3.63, 3.8) is 0 Å². The largest absolute Gasteiger partial charge is 0.491 e. The van der Waals surface area contributed by atoms with Crippen molar-refractivity contribution in [1.82, 2.24) is 5.32 Å². The fraction of sp³-hybridized carbons (Fsp3) is 0.667. The third kappa shape index (κ3) is 9.48. The predicted octanol–water partition coefficient (Wildman–Crippen LogP) is 4.02. The molecule has 0 aliphatic heterocycles. The lowest BCUT2D eigenvalue weighted by molar-refractivity contribution is 0.0926. The van der Waals surface area contributed by atoms with E-state index >= 15 is 0 Å². The Balaban J connectivity index is 2.19. The highest BCUT2D eigenvalue weighted by Gasteiger charge is 2.08. The molecule has 21 heavy (non-hydrogen) atoms. The number of nitrogens with one attached hydrogen (secondary N) is 1. The molecule has 0 aliphatic rings. The van der Waals surface area contributed by atoms with Gasteiger partial charge in [0.05, 0.1) is 6.61 Å². The molecule has 0 aliphatic carbocycles. The van der Waals surface area contributed by atoms with Crippen LogP contribution in [0.5, 0.6) is 5.75 Å². The highest BCUT2D eigenvalue weighted by atomic mass is 16.5. The Morgan fingerprint density at radius 1 is 1.00 bits per heavy atom. The van der Waals surface area contributed by atoms with E-state index in [-0.39, 0.29) is 5.54 Å². The summed E-state index contributed by atoms with van der Waals surface area (Å²) in [5, 5.41) is 3.47. The Kier molecular flexibility index (Phi) is 7.76. The van der Waals surface area contributed by atoms with Crippen molar-refractivity contribution in [2.45, 2.75) is 53.1 Å². The molecule has 0 fully saturated rings. The first-order chi connectivity index (χ1) is 9.87. The van der Waals surface area contributed by atoms with Gasteiger partial charge in [-0.3, -0.25) is 0 Å². The topological polar surface area (TPSA) is 30.5 Å². The van der Waals surface area contributed by atoms with E-state index in [2.05, 4.69) is 52.1 Å². The number of hydrogen-bond acceptors (Lipinski definition) is 3. The van der Waals surface area contributed by atoms with Crippen molar-refractivity contribution < 1.29 is 9.47 Å². The standard InChI is InChI=1S/C18H31NO2/c1-15(2)10-11-20-12-13-21-17-8-6-16(7-9-17)14-19-18(3,4)5/h6-9,15,19H,10-14H2,1-5H3. The summed E-state index contributed by atoms with van der Waals surface area (Å²) >= 11 is 0. The van der Waals surface area contributed by atoms with Gasteiger partial charge in [0.25, 0.3) is 0 Å². The van der Waals surface area contributed by atoms with Crippen molar-refractivity contribution in [3.8, 4) is 5.75 Å². The number of hydrogen-bond donors (Lipinski definition) is 1. The molecule has 0 saturated heterocycles. The van der Waals surface area contributed by atoms with Crippen LogP contribution in [0.1, 0.15) is 46.6 Å². The maximum atomic E-state index is 5.67. The van der Waals surface area contributed by atoms with Crippen LogP contribution in [0.15, 0.2) is 24.3 Å². The maximum absolute atomic E-state index is 5.67. The van der Waals surface area contributed by atoms with Gasteiger partial charge in [0.1, 0.15) is 12.4 Å². The molecule has 0 radical (unpaired) electrons. The summed E-state index contributed by atoms with van der Waals surface area (Å²) < 4.78 is 11.2. The van der Waals surface area contributed by atoms with Crippen LogP contribution in [0.3, 0.4) is 0 Å². The fourth-order valence-corrected chi connectivity index (χ4v) is 1.71. The molecule has 0 atom stereocenters. The summed E-state index contributed by atoms with van der Waals surface area (Å²) in [6.07, 6.45) is 1.11. The summed E-state index contributed by atoms with van der Waals surface area (Å²) in [6.45, 7) is 13.9. The Morgan fingerprint density at radius 3 is 2.24 bits per heavy atom. The van der Waals surface area contributed by atoms with Gasteiger partial charge in [0, 0.05) is 18.7 Å². The molecular weight excluding hydrogens is 262 g/mol. The highest BCUT2D eigenvalue weighted by Crippen LogP contribution is 2.13. The smallest absolute Gasteiger partial charge is 0.119 e. The fourth-order valence-electron chi connectivity index (χ4n) is 1.71. The average molecular weight is 293 g/mol. The van der Waals surface area contributed by atoms with Gasteiger partial charge >= 0.3 is 0 Å². The van der Waals surface area contributed by atoms with Crippen molar-refractivity contribution >= 4 is 0 Å². The van der Waals surface area contributed by atoms with Gasteiger partial charge in [-0.2, -0.15) is 0 Å². The molecule has 0 unspecified atom stereocenters. The van der Waals surface area contributed by atoms with E-state index in [0.29, 0.717) is 19.1 Å². The Hall–Kier alpha value is -1.06. The molecule has 0 saturated carbocycles. The van der Waals surface area contributed by atoms with Gasteiger partial charge in [-0.15, -0.1) is 0 Å². The van der Waals surface area contributed by atoms with E-state index in [1.807, 2.05) is 12.1 Å². The number of benzene rings is 1. The molecule has 1 aromatic carbocycles. The summed E-state index contributed by atoms with van der Waals surface area (Å²) in [5.74, 6) is 1.60. The first-order valence-electron chi connectivity index (χ1n) is 7.91. The molecule has 1 rings (SSSR count). The van der Waals surface area contributed by atoms with E-state index in [4.69, 9.17) is 9.47 Å². The normalized spacial score (nSPS) is 11.9. The summed E-state index contributed by atoms with van der Waals surface area (Å²) in [6, 6.07) is 8.25. The predicted molar refractivity (Wildman–Crippen MR) is 88.8 cm³/mol. The molecule has 0 bridgehead atoms. The van der Waals surface area contributed by atoms with E-state index in [0.717, 1.165) is 25.3 Å². The lowest BCUT2D eigenvalue weighted by Crippen LogP contribution is -2.35. The minimum atomic E-state index is 0.141. The van der Waals surface area contributed by atoms with Gasteiger partial charge < -0.3 is 14.8 Å². The number of rotatable bonds is 9. The van der Waals surface area contributed by atoms with Crippen LogP contribution in [0.25, 0.3) is 0 Å². The van der Waals surface area contributed by atoms with Crippen LogP contribution in [-0.4, -0.2) is 25.4 Å². The van der Waals surface area contributed by atoms with Gasteiger partial charge in [-0.25, -0.2) is 0 Å². The SMILES string of the molecule is CC(C)CCOCCOc1ccc(CNC(C)(C)C)cc1. The van der Waals surface area contributed by atoms with Crippen molar-refractivity contribution in [2.75, 3.05) is 19.8 Å². The second kappa shape index (κ2) is 9.06. The van der Waals surface area contributed by atoms with Crippen LogP contribution < -0.4 is 10.1 Å². The molecule has 0 spiro atoms. The molecule has 1 N–H and O–H groups in total. The maximum Gasteiger partial charge on any atom is 0.119 e. The zero-order valence-electron chi connectivity index (χ0n) is 14.2. The second-order valence-corrected chi connectivity index (χ2v) is 6.89. The van der Waals surface area contributed by atoms with Gasteiger partial charge in [0.2, 0.25) is 0 Å². The third-order valence-corrected chi connectivity index (χ3v) is 3.08. The zero-order chi connectivity index (χ0) is 15.7. The second-order valence-electron chi connectivity index (χ2n) is 6.89. The quantitative estimate of drug-likeness (QED) is 0.698. The molecule has 0 heterocycles. The van der Waals surface area contributed by atoms with Crippen molar-refractivity contribution in [3.05, 3.63) is 29.8 Å². The summed E-state index contributed by atoms with van der Waals surface area (Å²) in [7, 11) is 0. The molecule has 0 aromatic heterocycles. The van der Waals surface area contributed by atoms with Gasteiger partial charge in [-0.1, -0.05) is 26.0 Å².